The third-order valence-electron chi connectivity index (χ3n) is 6.17. The Kier molecular flexibility index (Phi) is 7.71. The van der Waals surface area contributed by atoms with Crippen molar-refractivity contribution in [1.29, 1.82) is 0 Å². The molecule has 1 aromatic carbocycles. The summed E-state index contributed by atoms with van der Waals surface area (Å²) in [6, 6.07) is 4.81. The van der Waals surface area contributed by atoms with E-state index in [2.05, 4.69) is 54.7 Å². The molecular weight excluding hydrogens is 334 g/mol. The molecule has 3 rings (SSSR count). The molecule has 0 bridgehead atoms. The number of nitrogens with zero attached hydrogens (tertiary/aromatic N) is 3. The summed E-state index contributed by atoms with van der Waals surface area (Å²) in [6.07, 6.45) is 4.02. The second-order valence-corrected chi connectivity index (χ2v) is 8.66. The average Bonchev–Trinajstić information content (AvgIpc) is 2.66. The SMILES string of the molecule is CCCOC1CCCN(Cc2cc(C)cc(CN3CCN(C)CC3)c2C)C1. The Hall–Kier alpha value is -0.940. The van der Waals surface area contributed by atoms with Gasteiger partial charge in [-0.25, -0.2) is 0 Å². The fraction of sp³-hybridized carbons (Fsp3) is 0.739. The van der Waals surface area contributed by atoms with Crippen molar-refractivity contribution in [3.63, 3.8) is 0 Å². The zero-order valence-electron chi connectivity index (χ0n) is 18.0. The van der Waals surface area contributed by atoms with Crippen LogP contribution in [-0.2, 0) is 17.8 Å². The maximum atomic E-state index is 6.03. The minimum absolute atomic E-state index is 0.425. The Balaban J connectivity index is 1.64. The fourth-order valence-electron chi connectivity index (χ4n) is 4.41. The van der Waals surface area contributed by atoms with E-state index in [1.54, 1.807) is 0 Å². The van der Waals surface area contributed by atoms with E-state index in [0.29, 0.717) is 6.10 Å². The molecule has 27 heavy (non-hydrogen) atoms. The van der Waals surface area contributed by atoms with Crippen LogP contribution in [0.25, 0.3) is 0 Å². The highest BCUT2D eigenvalue weighted by molar-refractivity contribution is 5.38. The van der Waals surface area contributed by atoms with Crippen LogP contribution in [0.1, 0.15) is 48.4 Å². The number of ether oxygens (including phenoxy) is 1. The van der Waals surface area contributed by atoms with Gasteiger partial charge in [0.1, 0.15) is 0 Å². The van der Waals surface area contributed by atoms with E-state index in [9.17, 15) is 0 Å². The van der Waals surface area contributed by atoms with Crippen molar-refractivity contribution in [3.05, 3.63) is 34.4 Å². The maximum Gasteiger partial charge on any atom is 0.0702 e. The summed E-state index contributed by atoms with van der Waals surface area (Å²) in [7, 11) is 2.23. The second-order valence-electron chi connectivity index (χ2n) is 8.66. The maximum absolute atomic E-state index is 6.03. The minimum atomic E-state index is 0.425. The number of benzene rings is 1. The Bertz CT molecular complexity index is 596. The minimum Gasteiger partial charge on any atom is -0.377 e. The van der Waals surface area contributed by atoms with Gasteiger partial charge in [0, 0.05) is 52.4 Å². The first-order valence-electron chi connectivity index (χ1n) is 10.9. The zero-order chi connectivity index (χ0) is 19.2. The van der Waals surface area contributed by atoms with E-state index in [-0.39, 0.29) is 0 Å². The third kappa shape index (κ3) is 6.02. The molecule has 2 aliphatic rings. The molecule has 4 nitrogen and oxygen atoms in total. The van der Waals surface area contributed by atoms with Gasteiger partial charge in [-0.05, 0) is 63.4 Å². The molecule has 1 atom stereocenters. The number of rotatable bonds is 7. The number of piperazine rings is 1. The lowest BCUT2D eigenvalue weighted by Gasteiger charge is -2.34. The van der Waals surface area contributed by atoms with Gasteiger partial charge in [0.2, 0.25) is 0 Å². The van der Waals surface area contributed by atoms with Crippen molar-refractivity contribution < 1.29 is 4.74 Å². The predicted octanol–water partition coefficient (Wildman–Crippen LogP) is 3.44. The van der Waals surface area contributed by atoms with Crippen molar-refractivity contribution >= 4 is 0 Å². The molecule has 0 aromatic heterocycles. The zero-order valence-corrected chi connectivity index (χ0v) is 18.0. The van der Waals surface area contributed by atoms with Crippen LogP contribution < -0.4 is 0 Å². The molecule has 0 saturated carbocycles. The number of hydrogen-bond donors (Lipinski definition) is 0. The fourth-order valence-corrected chi connectivity index (χ4v) is 4.41. The summed E-state index contributed by atoms with van der Waals surface area (Å²) in [5, 5.41) is 0. The van der Waals surface area contributed by atoms with Crippen LogP contribution in [0.5, 0.6) is 0 Å². The molecule has 1 aromatic rings. The largest absolute Gasteiger partial charge is 0.377 e. The van der Waals surface area contributed by atoms with Gasteiger partial charge >= 0.3 is 0 Å². The molecule has 2 fully saturated rings. The molecule has 1 unspecified atom stereocenters. The van der Waals surface area contributed by atoms with Gasteiger partial charge in [-0.2, -0.15) is 0 Å². The predicted molar refractivity (Wildman–Crippen MR) is 113 cm³/mol. The normalized spacial score (nSPS) is 23.0. The number of likely N-dealkylation sites (N-methyl/N-ethyl adjacent to an activating group) is 1. The summed E-state index contributed by atoms with van der Waals surface area (Å²) in [5.41, 5.74) is 5.92. The van der Waals surface area contributed by atoms with Gasteiger partial charge in [-0.1, -0.05) is 24.6 Å². The summed E-state index contributed by atoms with van der Waals surface area (Å²) in [6.45, 7) is 16.9. The quantitative estimate of drug-likeness (QED) is 0.729. The first-order chi connectivity index (χ1) is 13.0. The van der Waals surface area contributed by atoms with Crippen molar-refractivity contribution in [3.8, 4) is 0 Å². The Morgan fingerprint density at radius 1 is 0.963 bits per heavy atom. The van der Waals surface area contributed by atoms with Crippen LogP contribution in [0.3, 0.4) is 0 Å². The molecule has 2 saturated heterocycles. The highest BCUT2D eigenvalue weighted by Crippen LogP contribution is 2.23. The van der Waals surface area contributed by atoms with E-state index in [0.717, 1.165) is 32.7 Å². The lowest BCUT2D eigenvalue weighted by molar-refractivity contribution is -0.00228. The van der Waals surface area contributed by atoms with Crippen LogP contribution in [-0.4, -0.2) is 73.7 Å². The number of likely N-dealkylation sites (tertiary alicyclic amines) is 1. The molecule has 0 amide bonds. The second kappa shape index (κ2) is 10.0. The van der Waals surface area contributed by atoms with Gasteiger partial charge in [0.25, 0.3) is 0 Å². The van der Waals surface area contributed by atoms with Gasteiger partial charge in [0.15, 0.2) is 0 Å². The van der Waals surface area contributed by atoms with E-state index in [1.165, 1.54) is 67.8 Å². The van der Waals surface area contributed by atoms with Crippen LogP contribution >= 0.6 is 0 Å². The molecule has 0 N–H and O–H groups in total. The van der Waals surface area contributed by atoms with Crippen molar-refractivity contribution in [2.75, 3.05) is 52.9 Å². The average molecular weight is 374 g/mol. The molecule has 0 spiro atoms. The van der Waals surface area contributed by atoms with Gasteiger partial charge in [0.05, 0.1) is 6.10 Å². The molecular formula is C23H39N3O. The van der Waals surface area contributed by atoms with E-state index in [1.807, 2.05) is 0 Å². The van der Waals surface area contributed by atoms with Gasteiger partial charge in [-0.15, -0.1) is 0 Å². The Morgan fingerprint density at radius 3 is 2.30 bits per heavy atom. The lowest BCUT2D eigenvalue weighted by atomic mass is 9.97. The molecule has 2 heterocycles. The van der Waals surface area contributed by atoms with Crippen LogP contribution in [0.2, 0.25) is 0 Å². The molecule has 2 aliphatic heterocycles. The van der Waals surface area contributed by atoms with Crippen molar-refractivity contribution in [2.24, 2.45) is 0 Å². The van der Waals surface area contributed by atoms with E-state index < -0.39 is 0 Å². The van der Waals surface area contributed by atoms with Crippen molar-refractivity contribution in [1.82, 2.24) is 14.7 Å². The Morgan fingerprint density at radius 2 is 1.63 bits per heavy atom. The highest BCUT2D eigenvalue weighted by Gasteiger charge is 2.22. The highest BCUT2D eigenvalue weighted by atomic mass is 16.5. The monoisotopic (exact) mass is 373 g/mol. The molecule has 0 aliphatic carbocycles. The summed E-state index contributed by atoms with van der Waals surface area (Å²) < 4.78 is 6.03. The summed E-state index contributed by atoms with van der Waals surface area (Å²) in [5.74, 6) is 0. The van der Waals surface area contributed by atoms with E-state index in [4.69, 9.17) is 4.74 Å². The van der Waals surface area contributed by atoms with Gasteiger partial charge < -0.3 is 9.64 Å². The summed E-state index contributed by atoms with van der Waals surface area (Å²) >= 11 is 0. The van der Waals surface area contributed by atoms with E-state index >= 15 is 0 Å². The van der Waals surface area contributed by atoms with Gasteiger partial charge in [-0.3, -0.25) is 9.80 Å². The third-order valence-corrected chi connectivity index (χ3v) is 6.17. The smallest absolute Gasteiger partial charge is 0.0702 e. The van der Waals surface area contributed by atoms with Crippen LogP contribution in [0.4, 0.5) is 0 Å². The first kappa shape index (κ1) is 20.8. The van der Waals surface area contributed by atoms with Crippen LogP contribution in [0.15, 0.2) is 12.1 Å². The standard InChI is InChI=1S/C23H39N3O/c1-5-13-27-23-7-6-8-26(18-23)17-22-15-19(2)14-21(20(22)3)16-25-11-9-24(4)10-12-25/h14-15,23H,5-13,16-18H2,1-4H3. The lowest BCUT2D eigenvalue weighted by Crippen LogP contribution is -2.44. The van der Waals surface area contributed by atoms with Crippen LogP contribution in [0, 0.1) is 13.8 Å². The number of hydrogen-bond acceptors (Lipinski definition) is 4. The molecule has 0 radical (unpaired) electrons. The Labute approximate surface area is 166 Å². The number of piperidine rings is 1. The first-order valence-corrected chi connectivity index (χ1v) is 10.9. The molecule has 152 valence electrons. The molecule has 4 heteroatoms. The van der Waals surface area contributed by atoms with Crippen molar-refractivity contribution in [2.45, 2.75) is 59.2 Å². The number of aryl methyl sites for hydroxylation is 1. The topological polar surface area (TPSA) is 19.0 Å². The summed E-state index contributed by atoms with van der Waals surface area (Å²) in [4.78, 5) is 7.64.